The molecule has 0 fully saturated rings. The lowest BCUT2D eigenvalue weighted by Gasteiger charge is -2.19. The average molecular weight is 292 g/mol. The Morgan fingerprint density at radius 3 is 2.73 bits per heavy atom. The van der Waals surface area contributed by atoms with Crippen LogP contribution in [0.5, 0.6) is 0 Å². The van der Waals surface area contributed by atoms with Gasteiger partial charge in [0.2, 0.25) is 0 Å². The van der Waals surface area contributed by atoms with E-state index >= 15 is 0 Å². The minimum Gasteiger partial charge on any atom is -0.348 e. The number of rotatable bonds is 4. The number of nitrogens with zero attached hydrogens (tertiary/aromatic N) is 3. The van der Waals surface area contributed by atoms with Gasteiger partial charge in [0, 0.05) is 36.1 Å². The third kappa shape index (κ3) is 2.91. The van der Waals surface area contributed by atoms with Gasteiger partial charge < -0.3 is 4.98 Å². The molecule has 0 saturated carbocycles. The van der Waals surface area contributed by atoms with Gasteiger partial charge in [-0.3, -0.25) is 0 Å². The summed E-state index contributed by atoms with van der Waals surface area (Å²) in [6, 6.07) is 8.45. The first-order chi connectivity index (χ1) is 10.6. The minimum atomic E-state index is 0.219. The van der Waals surface area contributed by atoms with Crippen LogP contribution in [0.25, 0.3) is 0 Å². The van der Waals surface area contributed by atoms with Crippen molar-refractivity contribution in [3.8, 4) is 0 Å². The highest BCUT2D eigenvalue weighted by molar-refractivity contribution is 5.40. The summed E-state index contributed by atoms with van der Waals surface area (Å²) in [4.78, 5) is 16.2. The van der Waals surface area contributed by atoms with E-state index in [0.29, 0.717) is 0 Å². The molecule has 0 bridgehead atoms. The topological polar surface area (TPSA) is 54.5 Å². The number of hydrogen-bond acceptors (Lipinski definition) is 3. The molecule has 1 aromatic carbocycles. The third-order valence-electron chi connectivity index (χ3n) is 4.16. The van der Waals surface area contributed by atoms with Gasteiger partial charge in [-0.25, -0.2) is 15.0 Å². The second-order valence-electron chi connectivity index (χ2n) is 5.65. The fourth-order valence-electron chi connectivity index (χ4n) is 2.82. The van der Waals surface area contributed by atoms with E-state index in [4.69, 9.17) is 0 Å². The van der Waals surface area contributed by atoms with Crippen molar-refractivity contribution in [1.82, 2.24) is 19.9 Å². The summed E-state index contributed by atoms with van der Waals surface area (Å²) in [5.41, 5.74) is 6.12. The minimum absolute atomic E-state index is 0.219. The van der Waals surface area contributed by atoms with E-state index in [0.717, 1.165) is 23.6 Å². The van der Waals surface area contributed by atoms with Gasteiger partial charge in [-0.1, -0.05) is 18.2 Å². The van der Waals surface area contributed by atoms with Crippen molar-refractivity contribution in [2.45, 2.75) is 33.1 Å². The van der Waals surface area contributed by atoms with Crippen LogP contribution in [-0.2, 0) is 6.42 Å². The highest BCUT2D eigenvalue weighted by atomic mass is 14.9. The molecule has 0 spiro atoms. The quantitative estimate of drug-likeness (QED) is 0.800. The van der Waals surface area contributed by atoms with Crippen molar-refractivity contribution in [1.29, 1.82) is 0 Å². The van der Waals surface area contributed by atoms with Crippen LogP contribution in [0.3, 0.4) is 0 Å². The largest absolute Gasteiger partial charge is 0.348 e. The predicted octanol–water partition coefficient (Wildman–Crippen LogP) is 3.50. The molecule has 1 atom stereocenters. The lowest BCUT2D eigenvalue weighted by atomic mass is 9.87. The Morgan fingerprint density at radius 1 is 1.14 bits per heavy atom. The van der Waals surface area contributed by atoms with Crippen molar-refractivity contribution in [3.05, 3.63) is 76.9 Å². The van der Waals surface area contributed by atoms with Gasteiger partial charge in [0.1, 0.15) is 5.82 Å². The molecule has 3 aromatic rings. The fraction of sp³-hybridized carbons (Fsp3) is 0.278. The van der Waals surface area contributed by atoms with Crippen LogP contribution in [0.4, 0.5) is 0 Å². The average Bonchev–Trinajstić information content (AvgIpc) is 3.02. The fourth-order valence-corrected chi connectivity index (χ4v) is 2.82. The summed E-state index contributed by atoms with van der Waals surface area (Å²) in [6.45, 7) is 6.25. The zero-order valence-corrected chi connectivity index (χ0v) is 13.2. The Bertz CT molecular complexity index is 763. The molecular formula is C18H20N4. The molecule has 2 heterocycles. The number of imidazole rings is 1. The monoisotopic (exact) mass is 292 g/mol. The highest BCUT2D eigenvalue weighted by Crippen LogP contribution is 2.30. The van der Waals surface area contributed by atoms with Crippen LogP contribution in [0, 0.1) is 20.8 Å². The molecule has 4 nitrogen and oxygen atoms in total. The van der Waals surface area contributed by atoms with Gasteiger partial charge in [-0.15, -0.1) is 0 Å². The summed E-state index contributed by atoms with van der Waals surface area (Å²) >= 11 is 0. The molecule has 3 rings (SSSR count). The molecule has 112 valence electrons. The first-order valence-corrected chi connectivity index (χ1v) is 7.48. The van der Waals surface area contributed by atoms with E-state index in [1.165, 1.54) is 16.7 Å². The van der Waals surface area contributed by atoms with E-state index in [2.05, 4.69) is 52.0 Å². The Labute approximate surface area is 130 Å². The van der Waals surface area contributed by atoms with Crippen LogP contribution >= 0.6 is 0 Å². The first-order valence-electron chi connectivity index (χ1n) is 7.48. The van der Waals surface area contributed by atoms with Crippen molar-refractivity contribution >= 4 is 0 Å². The molecular weight excluding hydrogens is 272 g/mol. The van der Waals surface area contributed by atoms with E-state index in [9.17, 15) is 0 Å². The smallest absolute Gasteiger partial charge is 0.125 e. The summed E-state index contributed by atoms with van der Waals surface area (Å²) in [7, 11) is 0. The number of aromatic nitrogens is 4. The van der Waals surface area contributed by atoms with E-state index in [1.807, 2.05) is 25.4 Å². The Morgan fingerprint density at radius 2 is 2.00 bits per heavy atom. The Kier molecular flexibility index (Phi) is 4.00. The normalized spacial score (nSPS) is 12.3. The molecule has 2 aromatic heterocycles. The van der Waals surface area contributed by atoms with E-state index < -0.39 is 0 Å². The zero-order valence-electron chi connectivity index (χ0n) is 13.2. The summed E-state index contributed by atoms with van der Waals surface area (Å²) in [6.07, 6.45) is 6.29. The van der Waals surface area contributed by atoms with Crippen molar-refractivity contribution in [3.63, 3.8) is 0 Å². The third-order valence-corrected chi connectivity index (χ3v) is 4.16. The maximum atomic E-state index is 4.56. The highest BCUT2D eigenvalue weighted by Gasteiger charge is 2.19. The maximum Gasteiger partial charge on any atom is 0.125 e. The van der Waals surface area contributed by atoms with Gasteiger partial charge in [0.15, 0.2) is 0 Å². The number of benzene rings is 1. The molecule has 0 aliphatic rings. The number of nitrogens with one attached hydrogen (secondary N) is 1. The molecule has 0 radical (unpaired) electrons. The van der Waals surface area contributed by atoms with Crippen molar-refractivity contribution < 1.29 is 0 Å². The zero-order chi connectivity index (χ0) is 15.5. The number of aromatic amines is 1. The lowest BCUT2D eigenvalue weighted by Crippen LogP contribution is -2.10. The van der Waals surface area contributed by atoms with Crippen LogP contribution < -0.4 is 0 Å². The van der Waals surface area contributed by atoms with Crippen LogP contribution in [0.1, 0.15) is 39.8 Å². The molecule has 0 saturated heterocycles. The van der Waals surface area contributed by atoms with Crippen molar-refractivity contribution in [2.24, 2.45) is 0 Å². The molecule has 0 aliphatic carbocycles. The predicted molar refractivity (Wildman–Crippen MR) is 86.8 cm³/mol. The summed E-state index contributed by atoms with van der Waals surface area (Å²) < 4.78 is 0. The van der Waals surface area contributed by atoms with E-state index in [-0.39, 0.29) is 5.92 Å². The molecule has 0 aliphatic heterocycles. The second kappa shape index (κ2) is 6.10. The molecule has 4 heteroatoms. The van der Waals surface area contributed by atoms with Crippen LogP contribution in [0.2, 0.25) is 0 Å². The summed E-state index contributed by atoms with van der Waals surface area (Å²) in [5, 5.41) is 0. The molecule has 1 N–H and O–H groups in total. The number of aryl methyl sites for hydroxylation is 2. The van der Waals surface area contributed by atoms with Gasteiger partial charge in [-0.2, -0.15) is 0 Å². The Balaban J connectivity index is 2.03. The van der Waals surface area contributed by atoms with Crippen LogP contribution in [-0.4, -0.2) is 19.9 Å². The summed E-state index contributed by atoms with van der Waals surface area (Å²) in [5.74, 6) is 1.03. The second-order valence-corrected chi connectivity index (χ2v) is 5.65. The van der Waals surface area contributed by atoms with Crippen LogP contribution in [0.15, 0.2) is 43.0 Å². The number of hydrogen-bond donors (Lipinski definition) is 1. The van der Waals surface area contributed by atoms with E-state index in [1.54, 1.807) is 6.33 Å². The molecule has 0 amide bonds. The molecule has 22 heavy (non-hydrogen) atoms. The Hall–Kier alpha value is -2.49. The SMILES string of the molecule is Cc1nccc(C[C@H](c2cnc[nH]2)c2cccc(C)c2C)n1. The van der Waals surface area contributed by atoms with Gasteiger partial charge in [0.25, 0.3) is 0 Å². The lowest BCUT2D eigenvalue weighted by molar-refractivity contribution is 0.746. The first kappa shape index (κ1) is 14.4. The van der Waals surface area contributed by atoms with Gasteiger partial charge in [0.05, 0.1) is 6.33 Å². The van der Waals surface area contributed by atoms with Crippen molar-refractivity contribution in [2.75, 3.05) is 0 Å². The maximum absolute atomic E-state index is 4.56. The van der Waals surface area contributed by atoms with Gasteiger partial charge in [-0.05, 0) is 43.5 Å². The standard InChI is InChI=1S/C18H20N4/c1-12-5-4-6-16(13(12)2)17(18-10-19-11-21-18)9-15-7-8-20-14(3)22-15/h4-8,10-11,17H,9H2,1-3H3,(H,19,21)/t17-/m0/s1. The van der Waals surface area contributed by atoms with Gasteiger partial charge >= 0.3 is 0 Å². The number of H-pyrrole nitrogens is 1. The molecule has 0 unspecified atom stereocenters.